The summed E-state index contributed by atoms with van der Waals surface area (Å²) in [7, 11) is 0. The minimum Gasteiger partial charge on any atom is -0.479 e. The van der Waals surface area contributed by atoms with Crippen molar-refractivity contribution in [3.8, 4) is 0 Å². The van der Waals surface area contributed by atoms with Crippen LogP contribution in [-0.4, -0.2) is 51.5 Å². The van der Waals surface area contributed by atoms with Gasteiger partial charge in [-0.05, 0) is 38.5 Å². The Labute approximate surface area is 115 Å². The number of halogens is 3. The predicted molar refractivity (Wildman–Crippen MR) is 65.2 cm³/mol. The third kappa shape index (κ3) is 3.44. The van der Waals surface area contributed by atoms with Crippen molar-refractivity contribution >= 4 is 5.97 Å². The third-order valence-electron chi connectivity index (χ3n) is 4.45. The first-order chi connectivity index (χ1) is 9.08. The van der Waals surface area contributed by atoms with Crippen LogP contribution in [0, 0.1) is 5.92 Å². The molecule has 20 heavy (non-hydrogen) atoms. The van der Waals surface area contributed by atoms with E-state index in [0.717, 1.165) is 12.8 Å². The van der Waals surface area contributed by atoms with Gasteiger partial charge in [-0.15, -0.1) is 0 Å². The Morgan fingerprint density at radius 2 is 1.75 bits per heavy atom. The second-order valence-corrected chi connectivity index (χ2v) is 6.29. The van der Waals surface area contributed by atoms with Crippen molar-refractivity contribution < 1.29 is 28.2 Å². The lowest BCUT2D eigenvalue weighted by Gasteiger charge is -2.41. The molecule has 2 N–H and O–H groups in total. The van der Waals surface area contributed by atoms with Crippen LogP contribution in [0.5, 0.6) is 0 Å². The molecule has 116 valence electrons. The molecule has 2 aliphatic heterocycles. The number of carbonyl (C=O) groups is 1. The third-order valence-corrected chi connectivity index (χ3v) is 4.45. The molecule has 0 spiro atoms. The lowest BCUT2D eigenvalue weighted by Crippen LogP contribution is -2.53. The predicted octanol–water partition coefficient (Wildman–Crippen LogP) is 2.02. The van der Waals surface area contributed by atoms with Gasteiger partial charge in [0.25, 0.3) is 0 Å². The van der Waals surface area contributed by atoms with Crippen molar-refractivity contribution in [3.63, 3.8) is 0 Å². The summed E-state index contributed by atoms with van der Waals surface area (Å²) in [6, 6.07) is -0.0705. The second kappa shape index (κ2) is 5.18. The zero-order valence-corrected chi connectivity index (χ0v) is 11.4. The number of alkyl halides is 3. The molecule has 2 fully saturated rings. The monoisotopic (exact) mass is 295 g/mol. The number of aliphatic hydroxyl groups is 1. The minimum atomic E-state index is -4.14. The molecule has 4 nitrogen and oxygen atoms in total. The number of carboxylic acid groups (broad SMARTS) is 1. The van der Waals surface area contributed by atoms with Gasteiger partial charge in [-0.1, -0.05) is 0 Å². The van der Waals surface area contributed by atoms with Crippen LogP contribution in [0.1, 0.15) is 39.0 Å². The van der Waals surface area contributed by atoms with Gasteiger partial charge in [0.05, 0.1) is 0 Å². The first-order valence-corrected chi connectivity index (χ1v) is 6.87. The van der Waals surface area contributed by atoms with Crippen LogP contribution in [0.15, 0.2) is 0 Å². The van der Waals surface area contributed by atoms with Crippen LogP contribution in [0.3, 0.4) is 0 Å². The van der Waals surface area contributed by atoms with Crippen molar-refractivity contribution in [2.45, 2.75) is 62.9 Å². The van der Waals surface area contributed by atoms with Crippen LogP contribution in [0.2, 0.25) is 0 Å². The van der Waals surface area contributed by atoms with Gasteiger partial charge in [0.1, 0.15) is 0 Å². The Hall–Kier alpha value is -0.820. The molecule has 2 bridgehead atoms. The molecule has 3 unspecified atom stereocenters. The molecular formula is C13H20F3NO3. The number of hydrogen-bond donors (Lipinski definition) is 2. The summed E-state index contributed by atoms with van der Waals surface area (Å²) in [5.74, 6) is -1.67. The Morgan fingerprint density at radius 3 is 2.15 bits per heavy atom. The fourth-order valence-corrected chi connectivity index (χ4v) is 3.56. The summed E-state index contributed by atoms with van der Waals surface area (Å²) in [6.07, 6.45) is -2.46. The van der Waals surface area contributed by atoms with Crippen LogP contribution in [-0.2, 0) is 4.79 Å². The summed E-state index contributed by atoms with van der Waals surface area (Å²) in [6.45, 7) is 1.22. The van der Waals surface area contributed by atoms with E-state index in [1.54, 1.807) is 0 Å². The quantitative estimate of drug-likeness (QED) is 0.833. The molecule has 2 heterocycles. The van der Waals surface area contributed by atoms with E-state index in [4.69, 9.17) is 5.11 Å². The number of carboxylic acids is 1. The van der Waals surface area contributed by atoms with E-state index >= 15 is 0 Å². The van der Waals surface area contributed by atoms with Gasteiger partial charge < -0.3 is 10.2 Å². The Kier molecular flexibility index (Phi) is 4.03. The highest BCUT2D eigenvalue weighted by atomic mass is 19.4. The average Bonchev–Trinajstić information content (AvgIpc) is 2.51. The van der Waals surface area contributed by atoms with Crippen molar-refractivity contribution in [3.05, 3.63) is 0 Å². The Morgan fingerprint density at radius 1 is 1.25 bits per heavy atom. The van der Waals surface area contributed by atoms with Crippen molar-refractivity contribution in [1.29, 1.82) is 0 Å². The van der Waals surface area contributed by atoms with Gasteiger partial charge in [0.15, 0.2) is 5.60 Å². The Balaban J connectivity index is 1.99. The van der Waals surface area contributed by atoms with E-state index in [9.17, 15) is 23.1 Å². The van der Waals surface area contributed by atoms with E-state index in [1.807, 2.05) is 4.90 Å². The van der Waals surface area contributed by atoms with Crippen molar-refractivity contribution in [2.24, 2.45) is 5.92 Å². The summed E-state index contributed by atoms with van der Waals surface area (Å²) < 4.78 is 37.4. The molecule has 7 heteroatoms. The van der Waals surface area contributed by atoms with E-state index < -0.39 is 24.2 Å². The summed E-state index contributed by atoms with van der Waals surface area (Å²) in [4.78, 5) is 12.8. The summed E-state index contributed by atoms with van der Waals surface area (Å²) in [5.41, 5.74) is -1.85. The first kappa shape index (κ1) is 15.6. The highest BCUT2D eigenvalue weighted by Crippen LogP contribution is 2.43. The zero-order chi connectivity index (χ0) is 15.1. The lowest BCUT2D eigenvalue weighted by molar-refractivity contribution is -0.161. The van der Waals surface area contributed by atoms with Gasteiger partial charge >= 0.3 is 12.1 Å². The highest BCUT2D eigenvalue weighted by Gasteiger charge is 2.46. The molecule has 0 radical (unpaired) electrons. The molecule has 3 atom stereocenters. The molecule has 2 saturated heterocycles. The molecule has 0 aromatic heterocycles. The van der Waals surface area contributed by atoms with Crippen LogP contribution >= 0.6 is 0 Å². The molecular weight excluding hydrogens is 275 g/mol. The highest BCUT2D eigenvalue weighted by molar-refractivity contribution is 5.76. The number of aliphatic carboxylic acids is 1. The SMILES string of the molecule is CC(O)(CN1C2CCC1CC(CC(F)(F)F)C2)C(=O)O. The molecule has 2 rings (SSSR count). The fraction of sp³-hybridized carbons (Fsp3) is 0.923. The van der Waals surface area contributed by atoms with Crippen molar-refractivity contribution in [2.75, 3.05) is 6.54 Å². The minimum absolute atomic E-state index is 0.0175. The number of fused-ring (bicyclic) bond motifs is 2. The molecule has 2 aliphatic rings. The maximum absolute atomic E-state index is 12.5. The lowest BCUT2D eigenvalue weighted by atomic mass is 9.87. The van der Waals surface area contributed by atoms with Gasteiger partial charge in [-0.25, -0.2) is 4.79 Å². The normalized spacial score (nSPS) is 34.0. The maximum atomic E-state index is 12.5. The zero-order valence-electron chi connectivity index (χ0n) is 11.4. The first-order valence-electron chi connectivity index (χ1n) is 6.87. The van der Waals surface area contributed by atoms with Gasteiger partial charge in [-0.2, -0.15) is 13.2 Å². The standard InChI is InChI=1S/C13H20F3NO3/c1-12(20,11(18)19)7-17-9-2-3-10(17)5-8(4-9)6-13(14,15)16/h8-10,20H,2-7H2,1H3,(H,18,19). The van der Waals surface area contributed by atoms with E-state index in [0.29, 0.717) is 12.8 Å². The van der Waals surface area contributed by atoms with E-state index in [2.05, 4.69) is 0 Å². The number of nitrogens with zero attached hydrogens (tertiary/aromatic N) is 1. The number of rotatable bonds is 4. The molecule has 0 aromatic rings. The Bertz CT molecular complexity index is 370. The van der Waals surface area contributed by atoms with Gasteiger partial charge in [0.2, 0.25) is 0 Å². The van der Waals surface area contributed by atoms with Crippen LogP contribution in [0.4, 0.5) is 13.2 Å². The second-order valence-electron chi connectivity index (χ2n) is 6.29. The van der Waals surface area contributed by atoms with Gasteiger partial charge in [0, 0.05) is 25.0 Å². The molecule has 0 amide bonds. The molecule has 0 aliphatic carbocycles. The van der Waals surface area contributed by atoms with E-state index in [-0.39, 0.29) is 24.5 Å². The number of piperidine rings is 1. The maximum Gasteiger partial charge on any atom is 0.389 e. The average molecular weight is 295 g/mol. The fourth-order valence-electron chi connectivity index (χ4n) is 3.56. The summed E-state index contributed by atoms with van der Waals surface area (Å²) in [5, 5.41) is 18.8. The van der Waals surface area contributed by atoms with E-state index in [1.165, 1.54) is 6.92 Å². The largest absolute Gasteiger partial charge is 0.479 e. The van der Waals surface area contributed by atoms with Gasteiger partial charge in [-0.3, -0.25) is 4.90 Å². The van der Waals surface area contributed by atoms with Crippen molar-refractivity contribution in [1.82, 2.24) is 4.90 Å². The van der Waals surface area contributed by atoms with Crippen LogP contribution in [0.25, 0.3) is 0 Å². The smallest absolute Gasteiger partial charge is 0.389 e. The summed E-state index contributed by atoms with van der Waals surface area (Å²) >= 11 is 0. The molecule has 0 saturated carbocycles. The molecule has 0 aromatic carbocycles. The van der Waals surface area contributed by atoms with Crippen LogP contribution < -0.4 is 0 Å². The number of hydrogen-bond acceptors (Lipinski definition) is 3. The topological polar surface area (TPSA) is 60.8 Å².